The number of hydrogen-bond donors (Lipinski definition) is 1. The highest BCUT2D eigenvalue weighted by atomic mass is 16.5. The molecule has 0 fully saturated rings. The van der Waals surface area contributed by atoms with Crippen LogP contribution in [-0.2, 0) is 29.0 Å². The molecular weight excluding hydrogens is 546 g/mol. The summed E-state index contributed by atoms with van der Waals surface area (Å²) in [5, 5.41) is 11.7. The number of carbonyl (C=O) groups excluding carboxylic acids is 2. The van der Waals surface area contributed by atoms with E-state index >= 15 is 0 Å². The average Bonchev–Trinajstić information content (AvgIpc) is 3.65. The second kappa shape index (κ2) is 12.3. The monoisotopic (exact) mass is 585 g/mol. The molecule has 1 aromatic heterocycles. The lowest BCUT2D eigenvalue weighted by Crippen LogP contribution is -2.51. The quantitative estimate of drug-likeness (QED) is 0.263. The number of aromatic nitrogens is 3. The first-order valence-electron chi connectivity index (χ1n) is 14.5. The van der Waals surface area contributed by atoms with Crippen molar-refractivity contribution in [1.82, 2.24) is 20.3 Å². The smallest absolute Gasteiger partial charge is 0.249 e. The van der Waals surface area contributed by atoms with Gasteiger partial charge in [0.05, 0.1) is 26.8 Å². The molecule has 0 saturated carbocycles. The number of aryl methyl sites for hydroxylation is 2. The van der Waals surface area contributed by atoms with E-state index in [1.54, 1.807) is 21.7 Å². The van der Waals surface area contributed by atoms with E-state index in [0.29, 0.717) is 40.4 Å². The predicted molar refractivity (Wildman–Crippen MR) is 165 cm³/mol. The minimum Gasteiger partial charge on any atom is -0.493 e. The van der Waals surface area contributed by atoms with E-state index in [4.69, 9.17) is 14.2 Å². The number of carbonyl (C=O) groups is 2. The van der Waals surface area contributed by atoms with Gasteiger partial charge in [0.2, 0.25) is 17.6 Å². The van der Waals surface area contributed by atoms with Crippen molar-refractivity contribution in [3.8, 4) is 17.2 Å². The number of nitrogens with one attached hydrogen (secondary N) is 1. The van der Waals surface area contributed by atoms with Crippen LogP contribution in [0.15, 0.2) is 54.6 Å². The number of methoxy groups -OCH3 is 3. The predicted octanol–water partition coefficient (Wildman–Crippen LogP) is 5.03. The van der Waals surface area contributed by atoms with E-state index in [-0.39, 0.29) is 18.4 Å². The van der Waals surface area contributed by atoms with Crippen molar-refractivity contribution in [2.24, 2.45) is 0 Å². The van der Waals surface area contributed by atoms with Gasteiger partial charge in [0.1, 0.15) is 18.1 Å². The maximum Gasteiger partial charge on any atom is 0.249 e. The van der Waals surface area contributed by atoms with Gasteiger partial charge in [-0.3, -0.25) is 14.5 Å². The van der Waals surface area contributed by atoms with Crippen molar-refractivity contribution in [3.63, 3.8) is 0 Å². The Morgan fingerprint density at radius 2 is 1.67 bits per heavy atom. The summed E-state index contributed by atoms with van der Waals surface area (Å²) in [6.45, 7) is 5.80. The number of benzene rings is 3. The van der Waals surface area contributed by atoms with E-state index in [0.717, 1.165) is 24.8 Å². The van der Waals surface area contributed by atoms with Crippen LogP contribution in [0.4, 0.5) is 5.69 Å². The van der Waals surface area contributed by atoms with Crippen molar-refractivity contribution in [2.75, 3.05) is 26.2 Å². The van der Waals surface area contributed by atoms with Crippen molar-refractivity contribution < 1.29 is 23.8 Å². The fourth-order valence-corrected chi connectivity index (χ4v) is 5.55. The Kier molecular flexibility index (Phi) is 8.57. The third-order valence-corrected chi connectivity index (χ3v) is 8.19. The second-order valence-electron chi connectivity index (χ2n) is 11.4. The molecule has 1 atom stereocenters. The highest BCUT2D eigenvalue weighted by Gasteiger charge is 2.37. The minimum atomic E-state index is -1.07. The van der Waals surface area contributed by atoms with Crippen LogP contribution >= 0.6 is 0 Å². The molecule has 3 aromatic carbocycles. The molecule has 1 aliphatic rings. The van der Waals surface area contributed by atoms with Crippen LogP contribution in [0.25, 0.3) is 11.0 Å². The highest BCUT2D eigenvalue weighted by molar-refractivity contribution is 6.02. The zero-order chi connectivity index (χ0) is 30.7. The van der Waals surface area contributed by atoms with Crippen LogP contribution in [0.2, 0.25) is 0 Å². The molecule has 0 unspecified atom stereocenters. The van der Waals surface area contributed by atoms with Crippen molar-refractivity contribution >= 4 is 28.5 Å². The third kappa shape index (κ3) is 6.00. The third-order valence-electron chi connectivity index (χ3n) is 8.19. The largest absolute Gasteiger partial charge is 0.493 e. The van der Waals surface area contributed by atoms with Gasteiger partial charge in [0.15, 0.2) is 11.5 Å². The summed E-state index contributed by atoms with van der Waals surface area (Å²) in [4.78, 5) is 30.5. The lowest BCUT2D eigenvalue weighted by molar-refractivity contribution is -0.128. The molecule has 2 amide bonds. The van der Waals surface area contributed by atoms with Gasteiger partial charge in [-0.05, 0) is 92.6 Å². The number of anilines is 1. The summed E-state index contributed by atoms with van der Waals surface area (Å²) in [6.07, 6.45) is 3.66. The fourth-order valence-electron chi connectivity index (χ4n) is 5.55. The summed E-state index contributed by atoms with van der Waals surface area (Å²) in [6, 6.07) is 15.9. The van der Waals surface area contributed by atoms with E-state index < -0.39 is 11.6 Å². The van der Waals surface area contributed by atoms with Gasteiger partial charge in [0.25, 0.3) is 0 Å². The summed E-state index contributed by atoms with van der Waals surface area (Å²) in [5.74, 6) is 0.502. The number of ether oxygens (including phenoxy) is 3. The standard InChI is InChI=1S/C33H39N5O5/c1-7-33(2,3)34-32(40)30(23-18-27(41-4)31(43-6)28(19-23)42-5)38(24-16-15-21-11-10-12-22(21)17-24)29(39)20-37-26-14-9-8-13-25(26)35-36-37/h8-9,13-19,30H,7,10-12,20H2,1-6H3,(H,34,40)/t30-/m0/s1. The Bertz CT molecular complexity index is 1620. The zero-order valence-electron chi connectivity index (χ0n) is 25.6. The molecule has 1 aliphatic carbocycles. The maximum absolute atomic E-state index is 14.5. The molecule has 10 heteroatoms. The Morgan fingerprint density at radius 3 is 2.35 bits per heavy atom. The molecule has 0 spiro atoms. The van der Waals surface area contributed by atoms with Crippen molar-refractivity contribution in [2.45, 2.75) is 64.6 Å². The van der Waals surface area contributed by atoms with Crippen LogP contribution < -0.4 is 24.4 Å². The first kappa shape index (κ1) is 29.9. The molecule has 0 bridgehead atoms. The van der Waals surface area contributed by atoms with E-state index in [2.05, 4.69) is 21.7 Å². The zero-order valence-corrected chi connectivity index (χ0v) is 25.6. The van der Waals surface area contributed by atoms with Crippen LogP contribution in [-0.4, -0.2) is 53.7 Å². The molecule has 226 valence electrons. The van der Waals surface area contributed by atoms with E-state index in [1.807, 2.05) is 57.2 Å². The number of rotatable bonds is 11. The summed E-state index contributed by atoms with van der Waals surface area (Å²) in [5.41, 5.74) is 4.46. The minimum absolute atomic E-state index is 0.122. The maximum atomic E-state index is 14.5. The van der Waals surface area contributed by atoms with Crippen LogP contribution in [0, 0.1) is 0 Å². The fraction of sp³-hybridized carbons (Fsp3) is 0.394. The van der Waals surface area contributed by atoms with Crippen LogP contribution in [0.5, 0.6) is 17.2 Å². The molecule has 1 N–H and O–H groups in total. The molecule has 0 saturated heterocycles. The van der Waals surface area contributed by atoms with Gasteiger partial charge in [0, 0.05) is 11.2 Å². The van der Waals surface area contributed by atoms with Gasteiger partial charge in [-0.25, -0.2) is 4.68 Å². The SMILES string of the molecule is CCC(C)(C)NC(=O)[C@H](c1cc(OC)c(OC)c(OC)c1)N(C(=O)Cn1nnc2ccccc21)c1ccc2c(c1)CCC2. The van der Waals surface area contributed by atoms with E-state index in [1.165, 1.54) is 32.5 Å². The summed E-state index contributed by atoms with van der Waals surface area (Å²) < 4.78 is 18.4. The molecule has 0 aliphatic heterocycles. The van der Waals surface area contributed by atoms with Gasteiger partial charge in [-0.2, -0.15) is 0 Å². The normalized spacial score (nSPS) is 13.3. The Labute approximate surface area is 251 Å². The first-order valence-corrected chi connectivity index (χ1v) is 14.5. The molecule has 4 aromatic rings. The van der Waals surface area contributed by atoms with Crippen molar-refractivity contribution in [1.29, 1.82) is 0 Å². The molecular formula is C33H39N5O5. The number of nitrogens with zero attached hydrogens (tertiary/aromatic N) is 4. The number of fused-ring (bicyclic) bond motifs is 2. The number of para-hydroxylation sites is 1. The first-order chi connectivity index (χ1) is 20.7. The van der Waals surface area contributed by atoms with Gasteiger partial charge < -0.3 is 19.5 Å². The average molecular weight is 586 g/mol. The van der Waals surface area contributed by atoms with E-state index in [9.17, 15) is 9.59 Å². The van der Waals surface area contributed by atoms with Crippen LogP contribution in [0.1, 0.15) is 56.3 Å². The molecule has 43 heavy (non-hydrogen) atoms. The Morgan fingerprint density at radius 1 is 0.977 bits per heavy atom. The molecule has 1 heterocycles. The van der Waals surface area contributed by atoms with Gasteiger partial charge >= 0.3 is 0 Å². The summed E-state index contributed by atoms with van der Waals surface area (Å²) in [7, 11) is 4.57. The number of hydrogen-bond acceptors (Lipinski definition) is 7. The van der Waals surface area contributed by atoms with Crippen molar-refractivity contribution in [3.05, 3.63) is 71.3 Å². The number of amides is 2. The topological polar surface area (TPSA) is 108 Å². The highest BCUT2D eigenvalue weighted by Crippen LogP contribution is 2.42. The van der Waals surface area contributed by atoms with Gasteiger partial charge in [-0.15, -0.1) is 5.10 Å². The lowest BCUT2D eigenvalue weighted by Gasteiger charge is -2.35. The van der Waals surface area contributed by atoms with Crippen LogP contribution in [0.3, 0.4) is 0 Å². The van der Waals surface area contributed by atoms with Gasteiger partial charge in [-0.1, -0.05) is 30.3 Å². The molecule has 10 nitrogen and oxygen atoms in total. The second-order valence-corrected chi connectivity index (χ2v) is 11.4. The Hall–Kier alpha value is -4.60. The lowest BCUT2D eigenvalue weighted by atomic mass is 9.97. The molecule has 5 rings (SSSR count). The molecule has 0 radical (unpaired) electrons. The Balaban J connectivity index is 1.69. The summed E-state index contributed by atoms with van der Waals surface area (Å²) >= 11 is 0.